The van der Waals surface area contributed by atoms with E-state index in [2.05, 4.69) is 10.8 Å². The van der Waals surface area contributed by atoms with E-state index in [1.165, 1.54) is 0 Å². The predicted molar refractivity (Wildman–Crippen MR) is 77.0 cm³/mol. The van der Waals surface area contributed by atoms with Gasteiger partial charge in [-0.2, -0.15) is 0 Å². The van der Waals surface area contributed by atoms with E-state index in [1.807, 2.05) is 6.92 Å². The normalized spacial score (nSPS) is 12.2. The molecular formula is C14H23N3O3. The van der Waals surface area contributed by atoms with Gasteiger partial charge in [0.05, 0.1) is 12.6 Å². The minimum absolute atomic E-state index is 0.203. The Morgan fingerprint density at radius 2 is 2.05 bits per heavy atom. The van der Waals surface area contributed by atoms with Crippen molar-refractivity contribution in [2.24, 2.45) is 5.73 Å². The molecule has 0 aromatic heterocycles. The molecule has 0 aliphatic heterocycles. The molecule has 5 N–H and O–H groups in total. The second kappa shape index (κ2) is 9.30. The molecule has 6 heteroatoms. The standard InChI is InChI=1S/C14H23N3O3/c1-2-9-20-17-8-7-16-13(14(15)19)10-11-3-5-12(18)6-4-11/h3-6,13,16-18H,2,7-10H2,1H3,(H2,15,19)/t13-/m0/s1. The third-order valence-electron chi connectivity index (χ3n) is 2.75. The summed E-state index contributed by atoms with van der Waals surface area (Å²) in [5.74, 6) is -0.192. The quantitative estimate of drug-likeness (QED) is 0.365. The lowest BCUT2D eigenvalue weighted by Crippen LogP contribution is -2.45. The zero-order chi connectivity index (χ0) is 14.8. The maximum absolute atomic E-state index is 11.4. The fourth-order valence-electron chi connectivity index (χ4n) is 1.68. The summed E-state index contributed by atoms with van der Waals surface area (Å²) in [6, 6.07) is 6.29. The first kappa shape index (κ1) is 16.4. The van der Waals surface area contributed by atoms with Crippen molar-refractivity contribution < 1.29 is 14.7 Å². The largest absolute Gasteiger partial charge is 0.508 e. The molecule has 1 amide bonds. The first-order valence-electron chi connectivity index (χ1n) is 6.78. The summed E-state index contributed by atoms with van der Waals surface area (Å²) < 4.78 is 0. The predicted octanol–water partition coefficient (Wildman–Crippen LogP) is 0.309. The number of phenols is 1. The van der Waals surface area contributed by atoms with Gasteiger partial charge in [0.25, 0.3) is 0 Å². The smallest absolute Gasteiger partial charge is 0.234 e. The molecule has 0 saturated heterocycles. The Morgan fingerprint density at radius 3 is 2.65 bits per heavy atom. The SMILES string of the molecule is CCCONCCN[C@@H](Cc1ccc(O)cc1)C(N)=O. The first-order chi connectivity index (χ1) is 9.63. The molecule has 6 nitrogen and oxygen atoms in total. The van der Waals surface area contributed by atoms with Gasteiger partial charge >= 0.3 is 0 Å². The van der Waals surface area contributed by atoms with Crippen LogP contribution in [-0.2, 0) is 16.1 Å². The van der Waals surface area contributed by atoms with Crippen LogP contribution in [0.1, 0.15) is 18.9 Å². The van der Waals surface area contributed by atoms with Crippen LogP contribution in [0, 0.1) is 0 Å². The molecule has 0 aliphatic rings. The monoisotopic (exact) mass is 281 g/mol. The highest BCUT2D eigenvalue weighted by Gasteiger charge is 2.14. The van der Waals surface area contributed by atoms with Crippen molar-refractivity contribution in [2.45, 2.75) is 25.8 Å². The maximum atomic E-state index is 11.4. The zero-order valence-corrected chi connectivity index (χ0v) is 11.8. The van der Waals surface area contributed by atoms with Crippen LogP contribution in [0.15, 0.2) is 24.3 Å². The number of hydrogen-bond acceptors (Lipinski definition) is 5. The minimum atomic E-state index is -0.437. The third-order valence-corrected chi connectivity index (χ3v) is 2.75. The van der Waals surface area contributed by atoms with Gasteiger partial charge in [-0.3, -0.25) is 4.79 Å². The van der Waals surface area contributed by atoms with Crippen LogP contribution in [0.25, 0.3) is 0 Å². The molecule has 0 bridgehead atoms. The summed E-state index contributed by atoms with van der Waals surface area (Å²) in [5, 5.41) is 12.3. The van der Waals surface area contributed by atoms with Gasteiger partial charge in [-0.25, -0.2) is 5.48 Å². The number of benzene rings is 1. The molecular weight excluding hydrogens is 258 g/mol. The van der Waals surface area contributed by atoms with E-state index in [4.69, 9.17) is 10.6 Å². The number of aromatic hydroxyl groups is 1. The van der Waals surface area contributed by atoms with E-state index >= 15 is 0 Å². The van der Waals surface area contributed by atoms with E-state index in [9.17, 15) is 9.90 Å². The van der Waals surface area contributed by atoms with Crippen molar-refractivity contribution in [2.75, 3.05) is 19.7 Å². The molecule has 0 aliphatic carbocycles. The second-order valence-electron chi connectivity index (χ2n) is 4.52. The van der Waals surface area contributed by atoms with Gasteiger partial charge in [-0.1, -0.05) is 19.1 Å². The van der Waals surface area contributed by atoms with Gasteiger partial charge in [0, 0.05) is 13.1 Å². The average Bonchev–Trinajstić information content (AvgIpc) is 2.43. The maximum Gasteiger partial charge on any atom is 0.234 e. The van der Waals surface area contributed by atoms with Crippen molar-refractivity contribution in [3.05, 3.63) is 29.8 Å². The van der Waals surface area contributed by atoms with E-state index in [1.54, 1.807) is 24.3 Å². The fraction of sp³-hybridized carbons (Fsp3) is 0.500. The number of nitrogens with two attached hydrogens (primary N) is 1. The summed E-state index contributed by atoms with van der Waals surface area (Å²) in [7, 11) is 0. The number of phenolic OH excluding ortho intramolecular Hbond substituents is 1. The summed E-state index contributed by atoms with van der Waals surface area (Å²) in [4.78, 5) is 16.5. The highest BCUT2D eigenvalue weighted by atomic mass is 16.6. The Kier molecular flexibility index (Phi) is 7.64. The van der Waals surface area contributed by atoms with Crippen molar-refractivity contribution in [3.63, 3.8) is 0 Å². The van der Waals surface area contributed by atoms with Gasteiger partial charge in [0.1, 0.15) is 5.75 Å². The topological polar surface area (TPSA) is 96.6 Å². The van der Waals surface area contributed by atoms with Crippen LogP contribution in [-0.4, -0.2) is 36.8 Å². The molecule has 0 radical (unpaired) electrons. The van der Waals surface area contributed by atoms with Gasteiger partial charge in [0.2, 0.25) is 5.91 Å². The van der Waals surface area contributed by atoms with Crippen LogP contribution in [0.3, 0.4) is 0 Å². The lowest BCUT2D eigenvalue weighted by atomic mass is 10.1. The molecule has 0 spiro atoms. The number of carbonyl (C=O) groups is 1. The molecule has 1 aromatic carbocycles. The first-order valence-corrected chi connectivity index (χ1v) is 6.78. The van der Waals surface area contributed by atoms with Crippen molar-refractivity contribution >= 4 is 5.91 Å². The Balaban J connectivity index is 2.33. The van der Waals surface area contributed by atoms with Crippen LogP contribution < -0.4 is 16.5 Å². The fourth-order valence-corrected chi connectivity index (χ4v) is 1.68. The molecule has 1 atom stereocenters. The molecule has 0 unspecified atom stereocenters. The van der Waals surface area contributed by atoms with Crippen molar-refractivity contribution in [1.82, 2.24) is 10.8 Å². The van der Waals surface area contributed by atoms with Gasteiger partial charge in [-0.15, -0.1) is 0 Å². The number of nitrogens with one attached hydrogen (secondary N) is 2. The van der Waals surface area contributed by atoms with Crippen LogP contribution in [0.2, 0.25) is 0 Å². The minimum Gasteiger partial charge on any atom is -0.508 e. The van der Waals surface area contributed by atoms with E-state index < -0.39 is 11.9 Å². The lowest BCUT2D eigenvalue weighted by Gasteiger charge is -2.15. The second-order valence-corrected chi connectivity index (χ2v) is 4.52. The Bertz CT molecular complexity index is 395. The summed E-state index contributed by atoms with van der Waals surface area (Å²) in [6.07, 6.45) is 1.44. The van der Waals surface area contributed by atoms with Crippen LogP contribution >= 0.6 is 0 Å². The molecule has 1 rings (SSSR count). The third kappa shape index (κ3) is 6.51. The number of primary amides is 1. The average molecular weight is 281 g/mol. The molecule has 1 aromatic rings. The van der Waals surface area contributed by atoms with E-state index in [0.29, 0.717) is 26.1 Å². The summed E-state index contributed by atoms with van der Waals surface area (Å²) >= 11 is 0. The molecule has 0 fully saturated rings. The summed E-state index contributed by atoms with van der Waals surface area (Å²) in [6.45, 7) is 3.86. The van der Waals surface area contributed by atoms with Gasteiger partial charge in [0.15, 0.2) is 0 Å². The van der Waals surface area contributed by atoms with Gasteiger partial charge < -0.3 is 21.0 Å². The number of hydrogen-bond donors (Lipinski definition) is 4. The summed E-state index contributed by atoms with van der Waals surface area (Å²) in [5.41, 5.74) is 9.12. The highest BCUT2D eigenvalue weighted by molar-refractivity contribution is 5.80. The molecule has 0 saturated carbocycles. The number of hydroxylamine groups is 1. The van der Waals surface area contributed by atoms with E-state index in [-0.39, 0.29) is 5.75 Å². The molecule has 112 valence electrons. The number of rotatable bonds is 10. The van der Waals surface area contributed by atoms with Crippen molar-refractivity contribution in [1.29, 1.82) is 0 Å². The Labute approximate surface area is 119 Å². The zero-order valence-electron chi connectivity index (χ0n) is 11.8. The Hall–Kier alpha value is -1.63. The molecule has 0 heterocycles. The van der Waals surface area contributed by atoms with Gasteiger partial charge in [-0.05, 0) is 30.5 Å². The highest BCUT2D eigenvalue weighted by Crippen LogP contribution is 2.11. The lowest BCUT2D eigenvalue weighted by molar-refractivity contribution is -0.120. The Morgan fingerprint density at radius 1 is 1.35 bits per heavy atom. The van der Waals surface area contributed by atoms with Crippen LogP contribution in [0.5, 0.6) is 5.75 Å². The van der Waals surface area contributed by atoms with E-state index in [0.717, 1.165) is 12.0 Å². The number of carbonyl (C=O) groups excluding carboxylic acids is 1. The molecule has 20 heavy (non-hydrogen) atoms. The van der Waals surface area contributed by atoms with Crippen molar-refractivity contribution in [3.8, 4) is 5.75 Å². The number of amides is 1. The van der Waals surface area contributed by atoms with Crippen LogP contribution in [0.4, 0.5) is 0 Å².